The molecule has 0 saturated carbocycles. The van der Waals surface area contributed by atoms with Crippen LogP contribution in [0.4, 0.5) is 5.69 Å². The van der Waals surface area contributed by atoms with Crippen LogP contribution in [0.15, 0.2) is 30.3 Å². The van der Waals surface area contributed by atoms with Crippen molar-refractivity contribution in [2.24, 2.45) is 7.05 Å². The molecule has 1 amide bonds. The molecule has 154 valence electrons. The number of benzene rings is 1. The maximum atomic E-state index is 13.1. The molecule has 4 rings (SSSR count). The normalized spacial score (nSPS) is 14.5. The highest BCUT2D eigenvalue weighted by Crippen LogP contribution is 2.26. The fraction of sp³-hybridized carbons (Fsp3) is 0.364. The van der Waals surface area contributed by atoms with Gasteiger partial charge in [-0.1, -0.05) is 12.1 Å². The summed E-state index contributed by atoms with van der Waals surface area (Å²) in [6.45, 7) is 6.70. The Bertz CT molecular complexity index is 1120. The molecule has 3 aromatic rings. The average Bonchev–Trinajstić information content (AvgIpc) is 3.22. The number of anilines is 1. The minimum absolute atomic E-state index is 0.0524. The van der Waals surface area contributed by atoms with Gasteiger partial charge in [0.2, 0.25) is 0 Å². The van der Waals surface area contributed by atoms with Gasteiger partial charge < -0.3 is 9.80 Å². The fourth-order valence-electron chi connectivity index (χ4n) is 4.08. The predicted octanol–water partition coefficient (Wildman–Crippen LogP) is 2.65. The van der Waals surface area contributed by atoms with Crippen LogP contribution >= 0.6 is 0 Å². The Morgan fingerprint density at radius 3 is 2.70 bits per heavy atom. The molecule has 0 radical (unpaired) electrons. The Morgan fingerprint density at radius 2 is 1.97 bits per heavy atom. The number of amides is 1. The lowest BCUT2D eigenvalue weighted by atomic mass is 10.1. The van der Waals surface area contributed by atoms with Gasteiger partial charge in [0.25, 0.3) is 5.91 Å². The molecular weight excluding hydrogens is 378 g/mol. The molecule has 0 spiro atoms. The summed E-state index contributed by atoms with van der Waals surface area (Å²) >= 11 is 0. The Kier molecular flexibility index (Phi) is 5.27. The van der Waals surface area contributed by atoms with Gasteiger partial charge in [0.15, 0.2) is 0 Å². The number of aromatic nitrogens is 4. The minimum atomic E-state index is -0.0524. The second-order valence-electron chi connectivity index (χ2n) is 7.60. The smallest absolute Gasteiger partial charge is 0.271 e. The van der Waals surface area contributed by atoms with Crippen molar-refractivity contribution in [3.8, 4) is 17.3 Å². The zero-order chi connectivity index (χ0) is 21.3. The summed E-state index contributed by atoms with van der Waals surface area (Å²) in [6, 6.07) is 11.7. The summed E-state index contributed by atoms with van der Waals surface area (Å²) in [4.78, 5) is 17.1. The van der Waals surface area contributed by atoms with E-state index >= 15 is 0 Å². The van der Waals surface area contributed by atoms with E-state index in [4.69, 9.17) is 0 Å². The van der Waals surface area contributed by atoms with E-state index in [0.717, 1.165) is 41.3 Å². The van der Waals surface area contributed by atoms with Crippen LogP contribution in [0.25, 0.3) is 11.3 Å². The van der Waals surface area contributed by atoms with Crippen LogP contribution in [-0.2, 0) is 7.05 Å². The predicted molar refractivity (Wildman–Crippen MR) is 114 cm³/mol. The molecule has 0 bridgehead atoms. The Balaban J connectivity index is 1.50. The van der Waals surface area contributed by atoms with E-state index in [1.54, 1.807) is 0 Å². The van der Waals surface area contributed by atoms with Gasteiger partial charge in [0, 0.05) is 44.5 Å². The molecule has 1 aliphatic heterocycles. The van der Waals surface area contributed by atoms with E-state index in [0.29, 0.717) is 30.9 Å². The van der Waals surface area contributed by atoms with E-state index in [1.807, 2.05) is 60.8 Å². The molecule has 1 aromatic carbocycles. The summed E-state index contributed by atoms with van der Waals surface area (Å²) in [5, 5.41) is 21.1. The number of aromatic amines is 1. The van der Waals surface area contributed by atoms with E-state index in [2.05, 4.69) is 26.3 Å². The third kappa shape index (κ3) is 3.54. The largest absolute Gasteiger partial charge is 0.369 e. The summed E-state index contributed by atoms with van der Waals surface area (Å²) in [6.07, 6.45) is 0.841. The number of H-pyrrole nitrogens is 1. The number of hydrogen-bond acceptors (Lipinski definition) is 5. The summed E-state index contributed by atoms with van der Waals surface area (Å²) in [5.74, 6) is -0.0524. The van der Waals surface area contributed by atoms with Crippen LogP contribution in [0.3, 0.4) is 0 Å². The number of carbonyl (C=O) groups excluding carboxylic acids is 1. The first-order valence-corrected chi connectivity index (χ1v) is 10.1. The standard InChI is InChI=1S/C22H25N7O/c1-15-21(16(2)27(3)26-15)18-13-19(25-24-18)22(30)29-10-6-9-28(11-12-29)20-8-5-4-7-17(20)14-23/h4-5,7-8,13H,6,9-12H2,1-3H3,(H,24,25). The van der Waals surface area contributed by atoms with E-state index < -0.39 is 0 Å². The van der Waals surface area contributed by atoms with Crippen LogP contribution in [0.1, 0.15) is 33.9 Å². The molecule has 8 nitrogen and oxygen atoms in total. The number of nitrogens with one attached hydrogen (secondary N) is 1. The third-order valence-corrected chi connectivity index (χ3v) is 5.72. The maximum absolute atomic E-state index is 13.1. The van der Waals surface area contributed by atoms with Crippen molar-refractivity contribution < 1.29 is 4.79 Å². The summed E-state index contributed by atoms with van der Waals surface area (Å²) in [5.41, 5.74) is 5.68. The van der Waals surface area contributed by atoms with Crippen molar-refractivity contribution in [1.29, 1.82) is 5.26 Å². The SMILES string of the molecule is Cc1nn(C)c(C)c1-c1cc(C(=O)N2CCCN(c3ccccc3C#N)CC2)[nH]n1. The first kappa shape index (κ1) is 19.7. The van der Waals surface area contributed by atoms with Crippen molar-refractivity contribution in [1.82, 2.24) is 24.9 Å². The number of carbonyl (C=O) groups is 1. The quantitative estimate of drug-likeness (QED) is 0.726. The minimum Gasteiger partial charge on any atom is -0.369 e. The lowest BCUT2D eigenvalue weighted by Gasteiger charge is -2.24. The van der Waals surface area contributed by atoms with Gasteiger partial charge in [0.05, 0.1) is 22.6 Å². The van der Waals surface area contributed by atoms with E-state index in [-0.39, 0.29) is 5.91 Å². The first-order valence-electron chi connectivity index (χ1n) is 10.1. The number of nitriles is 1. The monoisotopic (exact) mass is 403 g/mol. The zero-order valence-corrected chi connectivity index (χ0v) is 17.5. The highest BCUT2D eigenvalue weighted by Gasteiger charge is 2.24. The average molecular weight is 403 g/mol. The topological polar surface area (TPSA) is 93.8 Å². The van der Waals surface area contributed by atoms with Gasteiger partial charge in [-0.15, -0.1) is 0 Å². The molecule has 1 saturated heterocycles. The van der Waals surface area contributed by atoms with Crippen molar-refractivity contribution in [3.05, 3.63) is 53.0 Å². The molecule has 1 fully saturated rings. The van der Waals surface area contributed by atoms with Crippen molar-refractivity contribution in [2.75, 3.05) is 31.1 Å². The van der Waals surface area contributed by atoms with E-state index in [9.17, 15) is 10.1 Å². The number of nitrogens with zero attached hydrogens (tertiary/aromatic N) is 6. The second kappa shape index (κ2) is 8.03. The van der Waals surface area contributed by atoms with Gasteiger partial charge in [-0.3, -0.25) is 14.6 Å². The zero-order valence-electron chi connectivity index (χ0n) is 17.5. The lowest BCUT2D eigenvalue weighted by Crippen LogP contribution is -2.35. The van der Waals surface area contributed by atoms with Gasteiger partial charge in [-0.05, 0) is 38.5 Å². The molecule has 0 atom stereocenters. The third-order valence-electron chi connectivity index (χ3n) is 5.72. The molecular formula is C22H25N7O. The molecule has 30 heavy (non-hydrogen) atoms. The van der Waals surface area contributed by atoms with Crippen LogP contribution in [0.5, 0.6) is 0 Å². The number of rotatable bonds is 3. The van der Waals surface area contributed by atoms with Crippen LogP contribution < -0.4 is 4.90 Å². The molecule has 3 heterocycles. The molecule has 0 unspecified atom stereocenters. The summed E-state index contributed by atoms with van der Waals surface area (Å²) < 4.78 is 1.82. The highest BCUT2D eigenvalue weighted by atomic mass is 16.2. The summed E-state index contributed by atoms with van der Waals surface area (Å²) in [7, 11) is 1.90. The molecule has 1 aliphatic rings. The Hall–Kier alpha value is -3.60. The Morgan fingerprint density at radius 1 is 1.17 bits per heavy atom. The number of para-hydroxylation sites is 1. The lowest BCUT2D eigenvalue weighted by molar-refractivity contribution is 0.0761. The highest BCUT2D eigenvalue weighted by molar-refractivity contribution is 5.93. The number of hydrogen-bond donors (Lipinski definition) is 1. The number of aryl methyl sites for hydroxylation is 2. The van der Waals surface area contributed by atoms with Gasteiger partial charge in [-0.2, -0.15) is 15.5 Å². The van der Waals surface area contributed by atoms with Crippen LogP contribution in [0, 0.1) is 25.2 Å². The van der Waals surface area contributed by atoms with Crippen LogP contribution in [0.2, 0.25) is 0 Å². The molecule has 0 aliphatic carbocycles. The van der Waals surface area contributed by atoms with Gasteiger partial charge >= 0.3 is 0 Å². The van der Waals surface area contributed by atoms with Gasteiger partial charge in [-0.25, -0.2) is 0 Å². The van der Waals surface area contributed by atoms with Crippen molar-refractivity contribution in [3.63, 3.8) is 0 Å². The molecule has 1 N–H and O–H groups in total. The van der Waals surface area contributed by atoms with Crippen LogP contribution in [-0.4, -0.2) is 57.0 Å². The van der Waals surface area contributed by atoms with Crippen molar-refractivity contribution in [2.45, 2.75) is 20.3 Å². The Labute approximate surface area is 175 Å². The molecule has 2 aromatic heterocycles. The maximum Gasteiger partial charge on any atom is 0.271 e. The van der Waals surface area contributed by atoms with Crippen molar-refractivity contribution >= 4 is 11.6 Å². The second-order valence-corrected chi connectivity index (χ2v) is 7.60. The fourth-order valence-corrected chi connectivity index (χ4v) is 4.08. The van der Waals surface area contributed by atoms with E-state index in [1.165, 1.54) is 0 Å². The van der Waals surface area contributed by atoms with Gasteiger partial charge in [0.1, 0.15) is 11.8 Å². The molecule has 8 heteroatoms. The first-order chi connectivity index (χ1) is 14.5.